The number of amides is 1. The number of anilines is 2. The van der Waals surface area contributed by atoms with Crippen molar-refractivity contribution in [3.63, 3.8) is 0 Å². The van der Waals surface area contributed by atoms with E-state index < -0.39 is 15.9 Å². The Labute approximate surface area is 187 Å². The van der Waals surface area contributed by atoms with Crippen molar-refractivity contribution in [3.8, 4) is 5.69 Å². The summed E-state index contributed by atoms with van der Waals surface area (Å²) in [5.74, 6) is -0.404. The van der Waals surface area contributed by atoms with Gasteiger partial charge in [-0.1, -0.05) is 30.3 Å². The number of rotatable bonds is 6. The zero-order valence-corrected chi connectivity index (χ0v) is 18.5. The lowest BCUT2D eigenvalue weighted by atomic mass is 10.2. The number of hydrogen-bond acceptors (Lipinski definition) is 4. The van der Waals surface area contributed by atoms with Crippen LogP contribution in [-0.4, -0.2) is 31.2 Å². The van der Waals surface area contributed by atoms with Crippen LogP contribution in [0.5, 0.6) is 0 Å². The van der Waals surface area contributed by atoms with E-state index in [1.54, 1.807) is 53.3 Å². The summed E-state index contributed by atoms with van der Waals surface area (Å²) < 4.78 is 29.1. The van der Waals surface area contributed by atoms with Crippen LogP contribution in [0.4, 0.5) is 11.4 Å². The quantitative estimate of drug-likeness (QED) is 0.480. The van der Waals surface area contributed by atoms with Crippen molar-refractivity contribution in [2.75, 3.05) is 16.7 Å². The molecule has 4 aromatic rings. The molecule has 1 amide bonds. The molecule has 1 aromatic heterocycles. The largest absolute Gasteiger partial charge is 0.322 e. The van der Waals surface area contributed by atoms with Crippen molar-refractivity contribution >= 4 is 27.3 Å². The Bertz CT molecular complexity index is 1360. The van der Waals surface area contributed by atoms with Gasteiger partial charge in [0.25, 0.3) is 15.9 Å². The van der Waals surface area contributed by atoms with Gasteiger partial charge in [0, 0.05) is 30.2 Å². The lowest BCUT2D eigenvalue weighted by Crippen LogP contribution is -2.26. The van der Waals surface area contributed by atoms with E-state index >= 15 is 0 Å². The van der Waals surface area contributed by atoms with Crippen LogP contribution in [0.2, 0.25) is 0 Å². The first-order valence-corrected chi connectivity index (χ1v) is 11.4. The van der Waals surface area contributed by atoms with Gasteiger partial charge in [0.15, 0.2) is 0 Å². The highest BCUT2D eigenvalue weighted by Gasteiger charge is 2.22. The fraction of sp³-hybridized carbons (Fsp3) is 0.0833. The molecule has 0 bridgehead atoms. The van der Waals surface area contributed by atoms with Gasteiger partial charge >= 0.3 is 0 Å². The zero-order chi connectivity index (χ0) is 22.7. The Morgan fingerprint density at radius 2 is 1.69 bits per heavy atom. The summed E-state index contributed by atoms with van der Waals surface area (Å²) in [6, 6.07) is 24.0. The number of aryl methyl sites for hydroxylation is 1. The molecule has 4 rings (SSSR count). The molecule has 7 nitrogen and oxygen atoms in total. The first-order chi connectivity index (χ1) is 15.4. The maximum Gasteiger partial charge on any atom is 0.264 e. The predicted molar refractivity (Wildman–Crippen MR) is 125 cm³/mol. The minimum Gasteiger partial charge on any atom is -0.322 e. The minimum absolute atomic E-state index is 0.0393. The molecule has 8 heteroatoms. The van der Waals surface area contributed by atoms with Gasteiger partial charge < -0.3 is 5.32 Å². The Morgan fingerprint density at radius 3 is 2.41 bits per heavy atom. The molecule has 0 saturated carbocycles. The molecule has 0 aliphatic rings. The third-order valence-electron chi connectivity index (χ3n) is 5.05. The van der Waals surface area contributed by atoms with Crippen LogP contribution in [0.25, 0.3) is 5.69 Å². The van der Waals surface area contributed by atoms with Crippen LogP contribution in [0.3, 0.4) is 0 Å². The SMILES string of the molecule is Cc1ccnn1-c1cccc(NC(=O)c2cccc(S(=O)(=O)N(C)c3ccccc3)c2)c1. The number of hydrogen-bond donors (Lipinski definition) is 1. The number of aromatic nitrogens is 2. The van der Waals surface area contributed by atoms with E-state index in [0.717, 1.165) is 11.4 Å². The minimum atomic E-state index is -3.82. The van der Waals surface area contributed by atoms with Crippen LogP contribution in [0.1, 0.15) is 16.1 Å². The van der Waals surface area contributed by atoms with Crippen LogP contribution >= 0.6 is 0 Å². The van der Waals surface area contributed by atoms with Crippen molar-refractivity contribution in [1.82, 2.24) is 9.78 Å². The Morgan fingerprint density at radius 1 is 0.938 bits per heavy atom. The topological polar surface area (TPSA) is 84.3 Å². The van der Waals surface area contributed by atoms with Crippen LogP contribution < -0.4 is 9.62 Å². The number of carbonyl (C=O) groups excluding carboxylic acids is 1. The van der Waals surface area contributed by atoms with Crippen molar-refractivity contribution in [2.24, 2.45) is 0 Å². The number of nitrogens with zero attached hydrogens (tertiary/aromatic N) is 3. The lowest BCUT2D eigenvalue weighted by Gasteiger charge is -2.19. The van der Waals surface area contributed by atoms with Crippen molar-refractivity contribution in [2.45, 2.75) is 11.8 Å². The average Bonchev–Trinajstić information content (AvgIpc) is 3.25. The van der Waals surface area contributed by atoms with E-state index in [2.05, 4.69) is 10.4 Å². The van der Waals surface area contributed by atoms with Crippen molar-refractivity contribution < 1.29 is 13.2 Å². The molecule has 0 atom stereocenters. The Kier molecular flexibility index (Phi) is 5.79. The monoisotopic (exact) mass is 446 g/mol. The van der Waals surface area contributed by atoms with E-state index in [9.17, 15) is 13.2 Å². The summed E-state index contributed by atoms with van der Waals surface area (Å²) in [4.78, 5) is 12.9. The third kappa shape index (κ3) is 4.26. The Hall–Kier alpha value is -3.91. The second-order valence-electron chi connectivity index (χ2n) is 7.22. The molecule has 162 valence electrons. The lowest BCUT2D eigenvalue weighted by molar-refractivity contribution is 0.102. The second-order valence-corrected chi connectivity index (χ2v) is 9.19. The molecule has 0 aliphatic carbocycles. The number of carbonyl (C=O) groups is 1. The normalized spacial score (nSPS) is 11.2. The van der Waals surface area contributed by atoms with E-state index in [-0.39, 0.29) is 10.5 Å². The highest BCUT2D eigenvalue weighted by Crippen LogP contribution is 2.23. The van der Waals surface area contributed by atoms with Crippen LogP contribution in [-0.2, 0) is 10.0 Å². The summed E-state index contributed by atoms with van der Waals surface area (Å²) in [6.45, 7) is 1.94. The molecule has 0 unspecified atom stereocenters. The van der Waals surface area contributed by atoms with Gasteiger partial charge in [-0.05, 0) is 61.5 Å². The average molecular weight is 447 g/mol. The molecular formula is C24H22N4O3S. The first-order valence-electron chi connectivity index (χ1n) is 9.93. The highest BCUT2D eigenvalue weighted by atomic mass is 32.2. The molecule has 32 heavy (non-hydrogen) atoms. The molecule has 0 radical (unpaired) electrons. The number of benzene rings is 3. The van der Waals surface area contributed by atoms with Gasteiger partial charge in [-0.3, -0.25) is 9.10 Å². The van der Waals surface area contributed by atoms with E-state index in [0.29, 0.717) is 11.4 Å². The van der Waals surface area contributed by atoms with Gasteiger partial charge in [-0.15, -0.1) is 0 Å². The molecule has 0 fully saturated rings. The summed E-state index contributed by atoms with van der Waals surface area (Å²) in [7, 11) is -2.33. The maximum atomic E-state index is 13.1. The summed E-state index contributed by atoms with van der Waals surface area (Å²) in [5.41, 5.74) is 3.14. The molecule has 0 spiro atoms. The Balaban J connectivity index is 1.57. The fourth-order valence-corrected chi connectivity index (χ4v) is 4.53. The third-order valence-corrected chi connectivity index (χ3v) is 6.84. The molecular weight excluding hydrogens is 424 g/mol. The van der Waals surface area contributed by atoms with Gasteiger partial charge in [0.05, 0.1) is 16.3 Å². The highest BCUT2D eigenvalue weighted by molar-refractivity contribution is 7.92. The standard InChI is InChI=1S/C24H22N4O3S/c1-18-14-15-25-28(18)22-12-7-9-20(17-22)26-24(29)19-8-6-13-23(16-19)32(30,31)27(2)21-10-4-3-5-11-21/h3-17H,1-2H3,(H,26,29). The van der Waals surface area contributed by atoms with E-state index in [4.69, 9.17) is 0 Å². The van der Waals surface area contributed by atoms with Gasteiger partial charge in [0.1, 0.15) is 0 Å². The van der Waals surface area contributed by atoms with Crippen LogP contribution in [0.15, 0.2) is 96.0 Å². The number of sulfonamides is 1. The van der Waals surface area contributed by atoms with Gasteiger partial charge in [0.2, 0.25) is 0 Å². The summed E-state index contributed by atoms with van der Waals surface area (Å²) in [6.07, 6.45) is 1.71. The summed E-state index contributed by atoms with van der Waals surface area (Å²) >= 11 is 0. The smallest absolute Gasteiger partial charge is 0.264 e. The first kappa shape index (κ1) is 21.3. The second kappa shape index (κ2) is 8.68. The van der Waals surface area contributed by atoms with E-state index in [1.807, 2.05) is 37.3 Å². The van der Waals surface area contributed by atoms with Gasteiger partial charge in [-0.25, -0.2) is 13.1 Å². The zero-order valence-electron chi connectivity index (χ0n) is 17.6. The van der Waals surface area contributed by atoms with Gasteiger partial charge in [-0.2, -0.15) is 5.10 Å². The molecule has 1 N–H and O–H groups in total. The number of para-hydroxylation sites is 1. The van der Waals surface area contributed by atoms with Crippen molar-refractivity contribution in [3.05, 3.63) is 102 Å². The predicted octanol–water partition coefficient (Wildman–Crippen LogP) is 4.26. The summed E-state index contributed by atoms with van der Waals surface area (Å²) in [5, 5.41) is 7.11. The van der Waals surface area contributed by atoms with Crippen LogP contribution in [0, 0.1) is 6.92 Å². The van der Waals surface area contributed by atoms with E-state index in [1.165, 1.54) is 23.5 Å². The molecule has 1 heterocycles. The molecule has 0 aliphatic heterocycles. The molecule has 0 saturated heterocycles. The molecule has 3 aromatic carbocycles. The number of nitrogens with one attached hydrogen (secondary N) is 1. The maximum absolute atomic E-state index is 13.1. The fourth-order valence-electron chi connectivity index (χ4n) is 3.29. The van der Waals surface area contributed by atoms with Crippen molar-refractivity contribution in [1.29, 1.82) is 0 Å².